The van der Waals surface area contributed by atoms with Gasteiger partial charge >= 0.3 is 0 Å². The van der Waals surface area contributed by atoms with E-state index in [-0.39, 0.29) is 22.5 Å². The first-order valence-electron chi connectivity index (χ1n) is 5.37. The number of unbranched alkanes of at least 4 members (excludes halogenated alkanes) is 1. The SMILES string of the molecule is NS(=O)(=O)CCCCOc1cccc([N+](=O)[O-])c1Br. The summed E-state index contributed by atoms with van der Waals surface area (Å²) in [4.78, 5) is 10.2. The van der Waals surface area contributed by atoms with Crippen LogP contribution in [0.3, 0.4) is 0 Å². The van der Waals surface area contributed by atoms with Crippen molar-refractivity contribution in [2.24, 2.45) is 5.14 Å². The summed E-state index contributed by atoms with van der Waals surface area (Å²) >= 11 is 3.10. The number of sulfonamides is 1. The average Bonchev–Trinajstić information content (AvgIpc) is 2.28. The monoisotopic (exact) mass is 352 g/mol. The van der Waals surface area contributed by atoms with E-state index in [1.165, 1.54) is 12.1 Å². The largest absolute Gasteiger partial charge is 0.492 e. The van der Waals surface area contributed by atoms with Gasteiger partial charge in [0.15, 0.2) is 0 Å². The highest BCUT2D eigenvalue weighted by Gasteiger charge is 2.15. The zero-order valence-corrected chi connectivity index (χ0v) is 12.3. The molecule has 1 aromatic carbocycles. The molecule has 0 fully saturated rings. The molecule has 1 rings (SSSR count). The van der Waals surface area contributed by atoms with Gasteiger partial charge in [-0.05, 0) is 34.8 Å². The minimum atomic E-state index is -3.45. The topological polar surface area (TPSA) is 113 Å². The second-order valence-electron chi connectivity index (χ2n) is 3.77. The van der Waals surface area contributed by atoms with Crippen molar-refractivity contribution < 1.29 is 18.1 Å². The summed E-state index contributed by atoms with van der Waals surface area (Å²) < 4.78 is 27.0. The van der Waals surface area contributed by atoms with Gasteiger partial charge < -0.3 is 4.74 Å². The molecule has 0 aromatic heterocycles. The van der Waals surface area contributed by atoms with Crippen LogP contribution in [-0.4, -0.2) is 25.7 Å². The number of nitrogens with zero attached hydrogens (tertiary/aromatic N) is 1. The third kappa shape index (κ3) is 5.53. The van der Waals surface area contributed by atoms with Crippen molar-refractivity contribution in [2.75, 3.05) is 12.4 Å². The van der Waals surface area contributed by atoms with Gasteiger partial charge in [0.2, 0.25) is 10.0 Å². The van der Waals surface area contributed by atoms with Crippen molar-refractivity contribution in [1.82, 2.24) is 0 Å². The Morgan fingerprint density at radius 2 is 2.05 bits per heavy atom. The second-order valence-corrected chi connectivity index (χ2v) is 6.30. The number of nitrogens with two attached hydrogens (primary N) is 1. The minimum Gasteiger partial charge on any atom is -0.492 e. The molecular formula is C10H13BrN2O5S. The van der Waals surface area contributed by atoms with E-state index in [4.69, 9.17) is 9.88 Å². The van der Waals surface area contributed by atoms with Crippen LogP contribution < -0.4 is 9.88 Å². The fourth-order valence-corrected chi connectivity index (χ4v) is 2.47. The van der Waals surface area contributed by atoms with Gasteiger partial charge in [0.1, 0.15) is 10.2 Å². The van der Waals surface area contributed by atoms with Gasteiger partial charge in [0, 0.05) is 6.07 Å². The van der Waals surface area contributed by atoms with E-state index in [1.807, 2.05) is 0 Å². The Bertz CT molecular complexity index is 561. The van der Waals surface area contributed by atoms with E-state index in [9.17, 15) is 18.5 Å². The Morgan fingerprint density at radius 1 is 1.37 bits per heavy atom. The van der Waals surface area contributed by atoms with Crippen LogP contribution in [0, 0.1) is 10.1 Å². The molecule has 0 bridgehead atoms. The smallest absolute Gasteiger partial charge is 0.287 e. The maximum Gasteiger partial charge on any atom is 0.287 e. The van der Waals surface area contributed by atoms with Crippen LogP contribution in [0.15, 0.2) is 22.7 Å². The van der Waals surface area contributed by atoms with Crippen molar-refractivity contribution in [3.63, 3.8) is 0 Å². The molecule has 7 nitrogen and oxygen atoms in total. The molecule has 0 amide bonds. The number of hydrogen-bond donors (Lipinski definition) is 1. The lowest BCUT2D eigenvalue weighted by molar-refractivity contribution is -0.385. The van der Waals surface area contributed by atoms with E-state index < -0.39 is 14.9 Å². The molecule has 0 spiro atoms. The Labute approximate surface area is 119 Å². The second kappa shape index (κ2) is 6.83. The first kappa shape index (κ1) is 15.9. The van der Waals surface area contributed by atoms with Crippen molar-refractivity contribution in [3.8, 4) is 5.75 Å². The van der Waals surface area contributed by atoms with Crippen molar-refractivity contribution >= 4 is 31.6 Å². The molecule has 0 aliphatic heterocycles. The summed E-state index contributed by atoms with van der Waals surface area (Å²) in [5.74, 6) is 0.247. The molecule has 0 saturated heterocycles. The fraction of sp³-hybridized carbons (Fsp3) is 0.400. The molecule has 0 radical (unpaired) electrons. The number of nitro groups is 1. The molecular weight excluding hydrogens is 340 g/mol. The highest BCUT2D eigenvalue weighted by Crippen LogP contribution is 2.33. The minimum absolute atomic E-state index is 0.0814. The van der Waals surface area contributed by atoms with Gasteiger partial charge in [0.25, 0.3) is 5.69 Å². The van der Waals surface area contributed by atoms with Crippen LogP contribution in [0.2, 0.25) is 0 Å². The Balaban J connectivity index is 2.50. The summed E-state index contributed by atoms with van der Waals surface area (Å²) in [7, 11) is -3.45. The number of halogens is 1. The van der Waals surface area contributed by atoms with E-state index in [0.717, 1.165) is 0 Å². The molecule has 1 aromatic rings. The fourth-order valence-electron chi connectivity index (χ4n) is 1.34. The lowest BCUT2D eigenvalue weighted by Crippen LogP contribution is -2.16. The van der Waals surface area contributed by atoms with Crippen LogP contribution >= 0.6 is 15.9 Å². The van der Waals surface area contributed by atoms with Gasteiger partial charge in [-0.15, -0.1) is 0 Å². The van der Waals surface area contributed by atoms with Gasteiger partial charge in [-0.2, -0.15) is 0 Å². The summed E-state index contributed by atoms with van der Waals surface area (Å²) in [5, 5.41) is 15.6. The molecule has 0 atom stereocenters. The van der Waals surface area contributed by atoms with Crippen LogP contribution in [0.4, 0.5) is 5.69 Å². The number of ether oxygens (including phenoxy) is 1. The molecule has 0 aliphatic rings. The quantitative estimate of drug-likeness (QED) is 0.456. The van der Waals surface area contributed by atoms with Crippen LogP contribution in [0.25, 0.3) is 0 Å². The normalized spacial score (nSPS) is 11.3. The van der Waals surface area contributed by atoms with Crippen molar-refractivity contribution in [1.29, 1.82) is 0 Å². The predicted molar refractivity (Wildman–Crippen MR) is 73.5 cm³/mol. The Hall–Kier alpha value is -1.19. The maximum atomic E-state index is 10.7. The molecule has 2 N–H and O–H groups in total. The third-order valence-corrected chi connectivity index (χ3v) is 3.88. The van der Waals surface area contributed by atoms with E-state index in [2.05, 4.69) is 15.9 Å². The molecule has 0 aliphatic carbocycles. The lowest BCUT2D eigenvalue weighted by Gasteiger charge is -2.07. The van der Waals surface area contributed by atoms with E-state index >= 15 is 0 Å². The lowest BCUT2D eigenvalue weighted by atomic mass is 10.3. The molecule has 0 unspecified atom stereocenters. The summed E-state index contributed by atoms with van der Waals surface area (Å²) in [6.07, 6.45) is 0.872. The Kier molecular flexibility index (Phi) is 5.70. The summed E-state index contributed by atoms with van der Waals surface area (Å²) in [6, 6.07) is 4.47. The van der Waals surface area contributed by atoms with Gasteiger partial charge in [-0.1, -0.05) is 6.07 Å². The highest BCUT2D eigenvalue weighted by atomic mass is 79.9. The zero-order chi connectivity index (χ0) is 14.5. The molecule has 19 heavy (non-hydrogen) atoms. The first-order valence-corrected chi connectivity index (χ1v) is 7.88. The molecule has 106 valence electrons. The van der Waals surface area contributed by atoms with Gasteiger partial charge in [-0.25, -0.2) is 13.6 Å². The standard InChI is InChI=1S/C10H13BrN2O5S/c11-10-8(13(14)15)4-3-5-9(10)18-6-1-2-7-19(12,16)17/h3-5H,1-2,6-7H2,(H2,12,16,17). The maximum absolute atomic E-state index is 10.7. The highest BCUT2D eigenvalue weighted by molar-refractivity contribution is 9.10. The summed E-state index contributed by atoms with van der Waals surface area (Å²) in [5.41, 5.74) is -0.0814. The van der Waals surface area contributed by atoms with E-state index in [1.54, 1.807) is 6.07 Å². The van der Waals surface area contributed by atoms with E-state index in [0.29, 0.717) is 18.6 Å². The molecule has 0 heterocycles. The van der Waals surface area contributed by atoms with Gasteiger partial charge in [-0.3, -0.25) is 10.1 Å². The molecule has 0 saturated carbocycles. The van der Waals surface area contributed by atoms with Crippen molar-refractivity contribution in [2.45, 2.75) is 12.8 Å². The first-order chi connectivity index (χ1) is 8.81. The summed E-state index contributed by atoms with van der Waals surface area (Å²) in [6.45, 7) is 0.259. The number of hydrogen-bond acceptors (Lipinski definition) is 5. The average molecular weight is 353 g/mol. The van der Waals surface area contributed by atoms with Crippen LogP contribution in [0.1, 0.15) is 12.8 Å². The van der Waals surface area contributed by atoms with Crippen LogP contribution in [-0.2, 0) is 10.0 Å². The Morgan fingerprint density at radius 3 is 2.63 bits per heavy atom. The number of nitro benzene ring substituents is 1. The van der Waals surface area contributed by atoms with Crippen LogP contribution in [0.5, 0.6) is 5.75 Å². The predicted octanol–water partition coefficient (Wildman–Crippen LogP) is 1.80. The number of benzene rings is 1. The third-order valence-electron chi connectivity index (χ3n) is 2.22. The molecule has 9 heteroatoms. The van der Waals surface area contributed by atoms with Gasteiger partial charge in [0.05, 0.1) is 17.3 Å². The number of primary sulfonamides is 1. The zero-order valence-electron chi connectivity index (χ0n) is 9.91. The number of rotatable bonds is 7. The van der Waals surface area contributed by atoms with Crippen molar-refractivity contribution in [3.05, 3.63) is 32.8 Å².